The van der Waals surface area contributed by atoms with Crippen molar-refractivity contribution < 1.29 is 44.9 Å². The number of nitrogens with one attached hydrogen (secondary N) is 1. The monoisotopic (exact) mass is 485 g/mol. The van der Waals surface area contributed by atoms with Crippen LogP contribution in [0.1, 0.15) is 5.56 Å². The average Bonchev–Trinajstić information content (AvgIpc) is 2.73. The largest absolute Gasteiger partial charge is 0.462 e. The van der Waals surface area contributed by atoms with Gasteiger partial charge < -0.3 is 23.1 Å². The summed E-state index contributed by atoms with van der Waals surface area (Å²) in [6.45, 7) is -4.75. The van der Waals surface area contributed by atoms with Crippen LogP contribution in [-0.4, -0.2) is 37.9 Å². The summed E-state index contributed by atoms with van der Waals surface area (Å²) in [7, 11) is 0. The van der Waals surface area contributed by atoms with Crippen molar-refractivity contribution in [3.63, 3.8) is 0 Å². The summed E-state index contributed by atoms with van der Waals surface area (Å²) in [6.07, 6.45) is 1.78. The SMILES string of the molecule is CSCc1c(OCF)cc(NS(=O)Oc2c(OCF)cccc2OCF)cc1OCF. The maximum atomic E-state index is 12.8. The average molecular weight is 485 g/mol. The zero-order valence-electron chi connectivity index (χ0n) is 16.2. The minimum Gasteiger partial charge on any atom is -0.462 e. The fraction of sp³-hybridized carbons (Fsp3) is 0.333. The molecule has 0 aliphatic carbocycles. The lowest BCUT2D eigenvalue weighted by Gasteiger charge is -2.17. The van der Waals surface area contributed by atoms with Crippen LogP contribution in [0.15, 0.2) is 30.3 Å². The first-order chi connectivity index (χ1) is 15.1. The number of para-hydroxylation sites is 1. The Morgan fingerprint density at radius 2 is 1.35 bits per heavy atom. The Morgan fingerprint density at radius 1 is 0.871 bits per heavy atom. The minimum absolute atomic E-state index is 0.0462. The van der Waals surface area contributed by atoms with Gasteiger partial charge in [-0.3, -0.25) is 4.72 Å². The van der Waals surface area contributed by atoms with Gasteiger partial charge in [-0.1, -0.05) is 6.07 Å². The molecular weight excluding hydrogens is 466 g/mol. The maximum Gasteiger partial charge on any atom is 0.316 e. The van der Waals surface area contributed by atoms with E-state index in [-0.39, 0.29) is 34.4 Å². The van der Waals surface area contributed by atoms with Crippen molar-refractivity contribution in [2.45, 2.75) is 5.75 Å². The van der Waals surface area contributed by atoms with Crippen molar-refractivity contribution in [2.24, 2.45) is 0 Å². The number of halogens is 4. The third-order valence-electron chi connectivity index (χ3n) is 3.60. The summed E-state index contributed by atoms with van der Waals surface area (Å²) in [5.41, 5.74) is 0.479. The van der Waals surface area contributed by atoms with Crippen LogP contribution in [0.25, 0.3) is 0 Å². The Bertz CT molecular complexity index is 826. The standard InChI is InChI=1S/C18H19F4NO6S2/c1-30-7-13-16(27-10-21)5-12(6-17(13)28-11-22)23-31(24)29-18-14(25-8-19)3-2-4-15(18)26-9-20/h2-6,23H,7-11H2,1H3. The van der Waals surface area contributed by atoms with E-state index in [0.717, 1.165) is 0 Å². The number of alkyl halides is 4. The predicted molar refractivity (Wildman–Crippen MR) is 109 cm³/mol. The van der Waals surface area contributed by atoms with Gasteiger partial charge in [0.1, 0.15) is 11.5 Å². The van der Waals surface area contributed by atoms with E-state index >= 15 is 0 Å². The molecule has 7 nitrogen and oxygen atoms in total. The highest BCUT2D eigenvalue weighted by Crippen LogP contribution is 2.39. The van der Waals surface area contributed by atoms with Crippen LogP contribution in [0.3, 0.4) is 0 Å². The minimum atomic E-state index is -2.34. The second-order valence-corrected chi connectivity index (χ2v) is 7.11. The number of ether oxygens (including phenoxy) is 4. The van der Waals surface area contributed by atoms with Crippen LogP contribution >= 0.6 is 11.8 Å². The molecule has 0 saturated heterocycles. The van der Waals surface area contributed by atoms with Crippen LogP contribution in [0.4, 0.5) is 23.2 Å². The summed E-state index contributed by atoms with van der Waals surface area (Å²) < 4.78 is 90.3. The zero-order chi connectivity index (χ0) is 22.6. The smallest absolute Gasteiger partial charge is 0.316 e. The second-order valence-electron chi connectivity index (χ2n) is 5.40. The van der Waals surface area contributed by atoms with Crippen molar-refractivity contribution >= 4 is 28.7 Å². The molecule has 172 valence electrons. The molecule has 13 heteroatoms. The molecule has 0 fully saturated rings. The molecule has 0 aliphatic heterocycles. The third kappa shape index (κ3) is 6.99. The predicted octanol–water partition coefficient (Wildman–Crippen LogP) is 4.84. The van der Waals surface area contributed by atoms with Crippen molar-refractivity contribution in [2.75, 3.05) is 38.4 Å². The zero-order valence-corrected chi connectivity index (χ0v) is 17.8. The van der Waals surface area contributed by atoms with Crippen LogP contribution in [0, 0.1) is 0 Å². The van der Waals surface area contributed by atoms with Gasteiger partial charge in [0.25, 0.3) is 0 Å². The Labute approximate surface area is 182 Å². The summed E-state index contributed by atoms with van der Waals surface area (Å²) in [6, 6.07) is 6.63. The topological polar surface area (TPSA) is 75.3 Å². The lowest BCUT2D eigenvalue weighted by Crippen LogP contribution is -2.13. The molecule has 2 rings (SSSR count). The first-order valence-corrected chi connectivity index (χ1v) is 10.9. The molecule has 1 atom stereocenters. The van der Waals surface area contributed by atoms with E-state index in [1.54, 1.807) is 6.26 Å². The fourth-order valence-electron chi connectivity index (χ4n) is 2.46. The summed E-state index contributed by atoms with van der Waals surface area (Å²) in [4.78, 5) is 0. The van der Waals surface area contributed by atoms with Crippen LogP contribution in [0.2, 0.25) is 0 Å². The Morgan fingerprint density at radius 3 is 1.81 bits per heavy atom. The third-order valence-corrected chi connectivity index (χ3v) is 4.90. The molecule has 1 unspecified atom stereocenters. The lowest BCUT2D eigenvalue weighted by molar-refractivity contribution is 0.175. The molecule has 0 heterocycles. The molecule has 0 aromatic heterocycles. The normalized spacial score (nSPS) is 11.5. The Hall–Kier alpha value is -2.54. The van der Waals surface area contributed by atoms with E-state index in [2.05, 4.69) is 4.72 Å². The summed E-state index contributed by atoms with van der Waals surface area (Å²) in [5, 5.41) is 0. The molecular formula is C18H19F4NO6S2. The molecule has 0 amide bonds. The number of anilines is 1. The van der Waals surface area contributed by atoms with E-state index in [1.165, 1.54) is 42.1 Å². The number of rotatable bonds is 14. The highest BCUT2D eigenvalue weighted by molar-refractivity contribution is 7.97. The summed E-state index contributed by atoms with van der Waals surface area (Å²) >= 11 is -0.973. The molecule has 2 aromatic carbocycles. The van der Waals surface area contributed by atoms with Gasteiger partial charge in [-0.2, -0.15) is 16.0 Å². The number of thioether (sulfide) groups is 1. The van der Waals surface area contributed by atoms with E-state index in [9.17, 15) is 21.8 Å². The van der Waals surface area contributed by atoms with E-state index in [4.69, 9.17) is 23.1 Å². The second kappa shape index (κ2) is 13.0. The van der Waals surface area contributed by atoms with Crippen molar-refractivity contribution in [3.8, 4) is 28.7 Å². The van der Waals surface area contributed by atoms with Gasteiger partial charge in [0.15, 0.2) is 11.5 Å². The van der Waals surface area contributed by atoms with Gasteiger partial charge >= 0.3 is 11.3 Å². The maximum absolute atomic E-state index is 12.8. The van der Waals surface area contributed by atoms with Crippen LogP contribution in [0.5, 0.6) is 28.7 Å². The quantitative estimate of drug-likeness (QED) is 0.384. The highest BCUT2D eigenvalue weighted by atomic mass is 32.2. The Kier molecular flexibility index (Phi) is 10.4. The Balaban J connectivity index is 2.31. The van der Waals surface area contributed by atoms with Gasteiger partial charge in [0.05, 0.1) is 5.69 Å². The molecule has 31 heavy (non-hydrogen) atoms. The fourth-order valence-corrected chi connectivity index (χ4v) is 3.70. The van der Waals surface area contributed by atoms with E-state index in [0.29, 0.717) is 11.3 Å². The number of hydrogen-bond acceptors (Lipinski definition) is 7. The van der Waals surface area contributed by atoms with Gasteiger partial charge in [-0.15, -0.1) is 0 Å². The van der Waals surface area contributed by atoms with Gasteiger partial charge in [0.2, 0.25) is 33.2 Å². The summed E-state index contributed by atoms with van der Waals surface area (Å²) in [5.74, 6) is -0.246. The number of benzene rings is 2. The van der Waals surface area contributed by atoms with Crippen molar-refractivity contribution in [1.29, 1.82) is 0 Å². The molecule has 2 aromatic rings. The van der Waals surface area contributed by atoms with Gasteiger partial charge in [0, 0.05) is 23.4 Å². The first kappa shape index (κ1) is 24.7. The van der Waals surface area contributed by atoms with Crippen molar-refractivity contribution in [3.05, 3.63) is 35.9 Å². The molecule has 0 spiro atoms. The molecule has 0 radical (unpaired) electrons. The van der Waals surface area contributed by atoms with E-state index < -0.39 is 38.7 Å². The number of hydrogen-bond donors (Lipinski definition) is 1. The van der Waals surface area contributed by atoms with Gasteiger partial charge in [-0.05, 0) is 18.4 Å². The van der Waals surface area contributed by atoms with E-state index in [1.807, 2.05) is 0 Å². The first-order valence-electron chi connectivity index (χ1n) is 8.48. The molecule has 0 saturated carbocycles. The van der Waals surface area contributed by atoms with Crippen LogP contribution < -0.4 is 27.9 Å². The van der Waals surface area contributed by atoms with Gasteiger partial charge in [-0.25, -0.2) is 17.6 Å². The van der Waals surface area contributed by atoms with Crippen molar-refractivity contribution in [1.82, 2.24) is 0 Å². The van der Waals surface area contributed by atoms with Crippen LogP contribution in [-0.2, 0) is 17.0 Å². The molecule has 0 bridgehead atoms. The lowest BCUT2D eigenvalue weighted by atomic mass is 10.2. The molecule has 1 N–H and O–H groups in total. The highest BCUT2D eigenvalue weighted by Gasteiger charge is 2.19. The molecule has 0 aliphatic rings.